The predicted molar refractivity (Wildman–Crippen MR) is 62.4 cm³/mol. The van der Waals surface area contributed by atoms with Gasteiger partial charge in [-0.3, -0.25) is 4.98 Å². The summed E-state index contributed by atoms with van der Waals surface area (Å²) in [5.74, 6) is 0.767. The number of hydrogen-bond acceptors (Lipinski definition) is 6. The highest BCUT2D eigenvalue weighted by atomic mass is 32.2. The summed E-state index contributed by atoms with van der Waals surface area (Å²) in [7, 11) is 0. The van der Waals surface area contributed by atoms with Crippen LogP contribution in [-0.4, -0.2) is 26.5 Å². The van der Waals surface area contributed by atoms with Gasteiger partial charge in [0.1, 0.15) is 10.8 Å². The van der Waals surface area contributed by atoms with E-state index in [0.29, 0.717) is 5.16 Å². The molecular weight excluding hydrogens is 222 g/mol. The van der Waals surface area contributed by atoms with Crippen molar-refractivity contribution in [1.29, 1.82) is 0 Å². The molecule has 0 aliphatic carbocycles. The first-order valence-electron chi connectivity index (χ1n) is 4.89. The van der Waals surface area contributed by atoms with E-state index in [1.54, 1.807) is 30.9 Å². The second-order valence-corrected chi connectivity index (χ2v) is 3.89. The standard InChI is InChI=1S/C10H11N5S/c1-2-12-8-6-11-7-9(15-8)16-10-13-4-3-5-14-10/h3-7H,2H2,1H3,(H,12,15). The lowest BCUT2D eigenvalue weighted by Gasteiger charge is -2.03. The SMILES string of the molecule is CCNc1cncc(Sc2ncccn2)n1. The Morgan fingerprint density at radius 3 is 2.81 bits per heavy atom. The fraction of sp³-hybridized carbons (Fsp3) is 0.200. The third kappa shape index (κ3) is 2.90. The minimum absolute atomic E-state index is 0.672. The highest BCUT2D eigenvalue weighted by Crippen LogP contribution is 2.21. The minimum atomic E-state index is 0.672. The van der Waals surface area contributed by atoms with E-state index < -0.39 is 0 Å². The molecule has 6 heteroatoms. The van der Waals surface area contributed by atoms with Gasteiger partial charge in [0.05, 0.1) is 12.4 Å². The molecule has 16 heavy (non-hydrogen) atoms. The van der Waals surface area contributed by atoms with Gasteiger partial charge in [-0.2, -0.15) is 0 Å². The predicted octanol–water partition coefficient (Wildman–Crippen LogP) is 1.85. The molecule has 2 rings (SSSR count). The Hall–Kier alpha value is -1.69. The molecule has 0 unspecified atom stereocenters. The highest BCUT2D eigenvalue weighted by Gasteiger charge is 2.02. The molecule has 0 fully saturated rings. The van der Waals surface area contributed by atoms with Crippen molar-refractivity contribution < 1.29 is 0 Å². The number of rotatable bonds is 4. The maximum atomic E-state index is 4.37. The molecule has 0 aliphatic rings. The third-order valence-corrected chi connectivity index (χ3v) is 2.51. The monoisotopic (exact) mass is 233 g/mol. The molecule has 0 atom stereocenters. The lowest BCUT2D eigenvalue weighted by molar-refractivity contribution is 0.954. The summed E-state index contributed by atoms with van der Waals surface area (Å²) in [6.45, 7) is 2.84. The molecule has 82 valence electrons. The fourth-order valence-corrected chi connectivity index (χ4v) is 1.77. The van der Waals surface area contributed by atoms with Crippen molar-refractivity contribution >= 4 is 17.6 Å². The van der Waals surface area contributed by atoms with Crippen LogP contribution in [0.5, 0.6) is 0 Å². The fourth-order valence-electron chi connectivity index (χ4n) is 1.10. The summed E-state index contributed by atoms with van der Waals surface area (Å²) in [6, 6.07) is 1.78. The van der Waals surface area contributed by atoms with Gasteiger partial charge in [0.25, 0.3) is 0 Å². The van der Waals surface area contributed by atoms with Crippen molar-refractivity contribution in [2.45, 2.75) is 17.1 Å². The van der Waals surface area contributed by atoms with Gasteiger partial charge < -0.3 is 5.32 Å². The Labute approximate surface area is 97.8 Å². The van der Waals surface area contributed by atoms with Crippen molar-refractivity contribution in [3.05, 3.63) is 30.9 Å². The van der Waals surface area contributed by atoms with Crippen LogP contribution in [0.4, 0.5) is 5.82 Å². The zero-order valence-electron chi connectivity index (χ0n) is 8.79. The Kier molecular flexibility index (Phi) is 3.66. The summed E-state index contributed by atoms with van der Waals surface area (Å²) in [6.07, 6.45) is 6.80. The smallest absolute Gasteiger partial charge is 0.193 e. The van der Waals surface area contributed by atoms with Crippen molar-refractivity contribution in [2.75, 3.05) is 11.9 Å². The van der Waals surface area contributed by atoms with Gasteiger partial charge in [-0.1, -0.05) is 0 Å². The van der Waals surface area contributed by atoms with E-state index in [-0.39, 0.29) is 0 Å². The van der Waals surface area contributed by atoms with Gasteiger partial charge in [0.2, 0.25) is 0 Å². The highest BCUT2D eigenvalue weighted by molar-refractivity contribution is 7.99. The van der Waals surface area contributed by atoms with Gasteiger partial charge in [0, 0.05) is 18.9 Å². The Morgan fingerprint density at radius 1 is 1.25 bits per heavy atom. The number of hydrogen-bond donors (Lipinski definition) is 1. The van der Waals surface area contributed by atoms with E-state index in [1.165, 1.54) is 11.8 Å². The topological polar surface area (TPSA) is 63.6 Å². The van der Waals surface area contributed by atoms with Gasteiger partial charge in [-0.25, -0.2) is 15.0 Å². The molecule has 2 aromatic rings. The Balaban J connectivity index is 2.12. The lowest BCUT2D eigenvalue weighted by Crippen LogP contribution is -2.00. The zero-order chi connectivity index (χ0) is 11.2. The number of nitrogens with zero attached hydrogens (tertiary/aromatic N) is 4. The molecule has 0 aliphatic heterocycles. The molecule has 0 spiro atoms. The molecule has 5 nitrogen and oxygen atoms in total. The van der Waals surface area contributed by atoms with Crippen LogP contribution >= 0.6 is 11.8 Å². The van der Waals surface area contributed by atoms with E-state index in [4.69, 9.17) is 0 Å². The molecule has 2 heterocycles. The van der Waals surface area contributed by atoms with Gasteiger partial charge in [-0.05, 0) is 24.8 Å². The molecule has 0 saturated heterocycles. The van der Waals surface area contributed by atoms with E-state index in [0.717, 1.165) is 17.4 Å². The first kappa shape index (κ1) is 10.8. The van der Waals surface area contributed by atoms with Crippen LogP contribution in [0.15, 0.2) is 41.0 Å². The number of nitrogens with one attached hydrogen (secondary N) is 1. The van der Waals surface area contributed by atoms with Gasteiger partial charge >= 0.3 is 0 Å². The molecular formula is C10H11N5S. The average molecular weight is 233 g/mol. The summed E-state index contributed by atoms with van der Waals surface area (Å²) >= 11 is 1.39. The van der Waals surface area contributed by atoms with Crippen molar-refractivity contribution in [2.24, 2.45) is 0 Å². The van der Waals surface area contributed by atoms with Crippen molar-refractivity contribution in [1.82, 2.24) is 19.9 Å². The number of aromatic nitrogens is 4. The largest absolute Gasteiger partial charge is 0.369 e. The van der Waals surface area contributed by atoms with Gasteiger partial charge in [-0.15, -0.1) is 0 Å². The summed E-state index contributed by atoms with van der Waals surface area (Å²) in [5.41, 5.74) is 0. The maximum Gasteiger partial charge on any atom is 0.193 e. The third-order valence-electron chi connectivity index (χ3n) is 1.71. The lowest BCUT2D eigenvalue weighted by atomic mass is 10.6. The minimum Gasteiger partial charge on any atom is -0.369 e. The molecule has 0 amide bonds. The normalized spacial score (nSPS) is 10.1. The summed E-state index contributed by atoms with van der Waals surface area (Å²) in [5, 5.41) is 4.56. The van der Waals surface area contributed by atoms with Crippen LogP contribution < -0.4 is 5.32 Å². The van der Waals surface area contributed by atoms with E-state index in [2.05, 4.69) is 25.3 Å². The second kappa shape index (κ2) is 5.41. The van der Waals surface area contributed by atoms with Crippen LogP contribution in [0.1, 0.15) is 6.92 Å². The quantitative estimate of drug-likeness (QED) is 0.813. The van der Waals surface area contributed by atoms with E-state index in [1.807, 2.05) is 6.92 Å². The van der Waals surface area contributed by atoms with E-state index >= 15 is 0 Å². The molecule has 0 radical (unpaired) electrons. The van der Waals surface area contributed by atoms with Crippen LogP contribution in [-0.2, 0) is 0 Å². The average Bonchev–Trinajstić information content (AvgIpc) is 2.31. The molecule has 0 saturated carbocycles. The first-order valence-corrected chi connectivity index (χ1v) is 5.71. The second-order valence-electron chi connectivity index (χ2n) is 2.91. The van der Waals surface area contributed by atoms with E-state index in [9.17, 15) is 0 Å². The Morgan fingerprint density at radius 2 is 2.06 bits per heavy atom. The zero-order valence-corrected chi connectivity index (χ0v) is 9.61. The molecule has 0 bridgehead atoms. The van der Waals surface area contributed by atoms with Crippen molar-refractivity contribution in [3.63, 3.8) is 0 Å². The van der Waals surface area contributed by atoms with Crippen LogP contribution in [0.25, 0.3) is 0 Å². The Bertz CT molecular complexity index is 448. The van der Waals surface area contributed by atoms with Crippen molar-refractivity contribution in [3.8, 4) is 0 Å². The maximum absolute atomic E-state index is 4.37. The molecule has 1 N–H and O–H groups in total. The van der Waals surface area contributed by atoms with Crippen LogP contribution in [0.2, 0.25) is 0 Å². The van der Waals surface area contributed by atoms with Crippen LogP contribution in [0.3, 0.4) is 0 Å². The molecule has 0 aromatic carbocycles. The molecule has 2 aromatic heterocycles. The van der Waals surface area contributed by atoms with Crippen LogP contribution in [0, 0.1) is 0 Å². The van der Waals surface area contributed by atoms with Gasteiger partial charge in [0.15, 0.2) is 5.16 Å². The summed E-state index contributed by atoms with van der Waals surface area (Å²) in [4.78, 5) is 16.7. The number of anilines is 1. The first-order chi connectivity index (χ1) is 7.88. The summed E-state index contributed by atoms with van der Waals surface area (Å²) < 4.78 is 0.